The van der Waals surface area contributed by atoms with Crippen LogP contribution >= 0.6 is 23.1 Å². The van der Waals surface area contributed by atoms with E-state index in [1.165, 1.54) is 23.1 Å². The summed E-state index contributed by atoms with van der Waals surface area (Å²) in [7, 11) is 1.54. The highest BCUT2D eigenvalue weighted by molar-refractivity contribution is 8.02. The number of thioether (sulfide) groups is 1. The summed E-state index contributed by atoms with van der Waals surface area (Å²) in [5, 5.41) is 10.2. The van der Waals surface area contributed by atoms with Gasteiger partial charge in [0.05, 0.1) is 24.2 Å². The molecule has 0 aromatic carbocycles. The van der Waals surface area contributed by atoms with E-state index in [0.29, 0.717) is 11.6 Å². The van der Waals surface area contributed by atoms with Gasteiger partial charge >= 0.3 is 0 Å². The number of nitrogens with one attached hydrogen (secondary N) is 1. The molecule has 1 unspecified atom stereocenters. The van der Waals surface area contributed by atoms with Gasteiger partial charge in [-0.1, -0.05) is 23.1 Å². The van der Waals surface area contributed by atoms with E-state index >= 15 is 0 Å². The van der Waals surface area contributed by atoms with Gasteiger partial charge in [-0.3, -0.25) is 4.79 Å². The molecule has 19 heavy (non-hydrogen) atoms. The Hall–Kier alpha value is -1.67. The highest BCUT2D eigenvalue weighted by Gasteiger charge is 2.16. The average Bonchev–Trinajstić information content (AvgIpc) is 2.92. The molecule has 1 N–H and O–H groups in total. The van der Waals surface area contributed by atoms with E-state index in [2.05, 4.69) is 20.5 Å². The molecule has 2 rings (SSSR count). The molecule has 0 radical (unpaired) electrons. The quantitative estimate of drug-likeness (QED) is 0.851. The van der Waals surface area contributed by atoms with Crippen LogP contribution in [0.2, 0.25) is 0 Å². The van der Waals surface area contributed by atoms with Crippen LogP contribution in [0.25, 0.3) is 0 Å². The third-order valence-electron chi connectivity index (χ3n) is 2.20. The first-order chi connectivity index (χ1) is 9.19. The van der Waals surface area contributed by atoms with Gasteiger partial charge in [-0.2, -0.15) is 0 Å². The average molecular weight is 296 g/mol. The van der Waals surface area contributed by atoms with Gasteiger partial charge in [-0.05, 0) is 13.0 Å². The number of ether oxygens (including phenoxy) is 1. The maximum atomic E-state index is 12.0. The van der Waals surface area contributed by atoms with E-state index in [1.54, 1.807) is 30.9 Å². The van der Waals surface area contributed by atoms with E-state index < -0.39 is 0 Å². The topological polar surface area (TPSA) is 77.0 Å². The Kier molecular flexibility index (Phi) is 4.69. The number of pyridine rings is 1. The molecule has 0 fully saturated rings. The maximum Gasteiger partial charge on any atom is 0.237 e. The van der Waals surface area contributed by atoms with Crippen molar-refractivity contribution in [2.75, 3.05) is 12.4 Å². The van der Waals surface area contributed by atoms with Gasteiger partial charge in [0.1, 0.15) is 5.51 Å². The van der Waals surface area contributed by atoms with Gasteiger partial charge in [-0.15, -0.1) is 10.2 Å². The molecule has 6 nitrogen and oxygen atoms in total. The first-order valence-corrected chi connectivity index (χ1v) is 7.18. The van der Waals surface area contributed by atoms with Gasteiger partial charge in [0.15, 0.2) is 4.34 Å². The van der Waals surface area contributed by atoms with Gasteiger partial charge in [0.25, 0.3) is 0 Å². The molecule has 1 amide bonds. The standard InChI is InChI=1S/C11H12N4O2S2/c1-7(19-11-15-13-6-18-11)10(16)14-8-3-4-9(17-2)12-5-8/h3-7H,1-2H3,(H,14,16). The van der Waals surface area contributed by atoms with Crippen LogP contribution in [0.5, 0.6) is 5.88 Å². The largest absolute Gasteiger partial charge is 0.481 e. The lowest BCUT2D eigenvalue weighted by Crippen LogP contribution is -2.22. The molecule has 0 aliphatic rings. The molecule has 2 aromatic rings. The third kappa shape index (κ3) is 3.90. The Bertz CT molecular complexity index is 530. The first kappa shape index (κ1) is 13.8. The molecule has 0 aliphatic heterocycles. The molecule has 0 bridgehead atoms. The molecule has 8 heteroatoms. The second-order valence-electron chi connectivity index (χ2n) is 3.54. The zero-order valence-electron chi connectivity index (χ0n) is 10.4. The lowest BCUT2D eigenvalue weighted by molar-refractivity contribution is -0.115. The van der Waals surface area contributed by atoms with Crippen molar-refractivity contribution in [3.63, 3.8) is 0 Å². The second kappa shape index (κ2) is 6.48. The fourth-order valence-corrected chi connectivity index (χ4v) is 2.86. The van der Waals surface area contributed by atoms with E-state index in [-0.39, 0.29) is 11.2 Å². The van der Waals surface area contributed by atoms with Gasteiger partial charge in [0.2, 0.25) is 11.8 Å². The number of anilines is 1. The summed E-state index contributed by atoms with van der Waals surface area (Å²) in [6.07, 6.45) is 1.55. The highest BCUT2D eigenvalue weighted by atomic mass is 32.2. The minimum atomic E-state index is -0.255. The number of hydrogen-bond acceptors (Lipinski definition) is 7. The minimum Gasteiger partial charge on any atom is -0.481 e. The van der Waals surface area contributed by atoms with Crippen LogP contribution in [0.4, 0.5) is 5.69 Å². The van der Waals surface area contributed by atoms with Crippen LogP contribution in [0, 0.1) is 0 Å². The maximum absolute atomic E-state index is 12.0. The van der Waals surface area contributed by atoms with Crippen molar-refractivity contribution in [1.29, 1.82) is 0 Å². The van der Waals surface area contributed by atoms with Crippen molar-refractivity contribution in [3.05, 3.63) is 23.8 Å². The summed E-state index contributed by atoms with van der Waals surface area (Å²) in [5.41, 5.74) is 2.27. The predicted molar refractivity (Wildman–Crippen MR) is 74.6 cm³/mol. The number of amides is 1. The molecular weight excluding hydrogens is 284 g/mol. The predicted octanol–water partition coefficient (Wildman–Crippen LogP) is 2.06. The molecule has 0 saturated heterocycles. The van der Waals surface area contributed by atoms with Crippen LogP contribution in [0.1, 0.15) is 6.92 Å². The fourth-order valence-electron chi connectivity index (χ4n) is 1.24. The summed E-state index contributed by atoms with van der Waals surface area (Å²) < 4.78 is 5.72. The zero-order chi connectivity index (χ0) is 13.7. The van der Waals surface area contributed by atoms with Gasteiger partial charge < -0.3 is 10.1 Å². The number of carbonyl (C=O) groups excluding carboxylic acids is 1. The zero-order valence-corrected chi connectivity index (χ0v) is 12.0. The second-order valence-corrected chi connectivity index (χ2v) is 5.96. The Morgan fingerprint density at radius 2 is 2.37 bits per heavy atom. The summed E-state index contributed by atoms with van der Waals surface area (Å²) >= 11 is 2.78. The lowest BCUT2D eigenvalue weighted by Gasteiger charge is -2.10. The SMILES string of the molecule is COc1ccc(NC(=O)C(C)Sc2nncs2)cn1. The van der Waals surface area contributed by atoms with E-state index in [9.17, 15) is 4.79 Å². The summed E-state index contributed by atoms with van der Waals surface area (Å²) in [5.74, 6) is 0.404. The molecule has 2 heterocycles. The number of methoxy groups -OCH3 is 1. The number of nitrogens with zero attached hydrogens (tertiary/aromatic N) is 3. The highest BCUT2D eigenvalue weighted by Crippen LogP contribution is 2.25. The summed E-state index contributed by atoms with van der Waals surface area (Å²) in [6, 6.07) is 3.43. The molecule has 0 aliphatic carbocycles. The first-order valence-electron chi connectivity index (χ1n) is 5.43. The van der Waals surface area contributed by atoms with Crippen molar-refractivity contribution >= 4 is 34.7 Å². The number of carbonyl (C=O) groups is 1. The lowest BCUT2D eigenvalue weighted by atomic mass is 10.3. The Morgan fingerprint density at radius 3 is 2.95 bits per heavy atom. The Morgan fingerprint density at radius 1 is 1.53 bits per heavy atom. The van der Waals surface area contributed by atoms with Crippen LogP contribution in [0.15, 0.2) is 28.2 Å². The van der Waals surface area contributed by atoms with Crippen molar-refractivity contribution in [2.24, 2.45) is 0 Å². The fraction of sp³-hybridized carbons (Fsp3) is 0.273. The van der Waals surface area contributed by atoms with E-state index in [0.717, 1.165) is 4.34 Å². The molecule has 1 atom stereocenters. The van der Waals surface area contributed by atoms with Crippen molar-refractivity contribution < 1.29 is 9.53 Å². The molecule has 100 valence electrons. The van der Waals surface area contributed by atoms with Crippen LogP contribution in [-0.4, -0.2) is 33.4 Å². The smallest absolute Gasteiger partial charge is 0.237 e. The van der Waals surface area contributed by atoms with Crippen molar-refractivity contribution in [3.8, 4) is 5.88 Å². The van der Waals surface area contributed by atoms with E-state index in [1.807, 2.05) is 6.92 Å². The number of rotatable bonds is 5. The van der Waals surface area contributed by atoms with Crippen molar-refractivity contribution in [1.82, 2.24) is 15.2 Å². The van der Waals surface area contributed by atoms with E-state index in [4.69, 9.17) is 4.74 Å². The minimum absolute atomic E-state index is 0.104. The summed E-state index contributed by atoms with van der Waals surface area (Å²) in [6.45, 7) is 1.82. The monoisotopic (exact) mass is 296 g/mol. The van der Waals surface area contributed by atoms with Crippen LogP contribution < -0.4 is 10.1 Å². The number of hydrogen-bond donors (Lipinski definition) is 1. The molecule has 0 spiro atoms. The van der Waals surface area contributed by atoms with Crippen LogP contribution in [-0.2, 0) is 4.79 Å². The molecule has 2 aromatic heterocycles. The Balaban J connectivity index is 1.92. The van der Waals surface area contributed by atoms with Crippen molar-refractivity contribution in [2.45, 2.75) is 16.5 Å². The van der Waals surface area contributed by atoms with Gasteiger partial charge in [-0.25, -0.2) is 4.98 Å². The normalized spacial score (nSPS) is 11.9. The summed E-state index contributed by atoms with van der Waals surface area (Å²) in [4.78, 5) is 16.0. The third-order valence-corrected chi connectivity index (χ3v) is 4.11. The van der Waals surface area contributed by atoms with Gasteiger partial charge in [0, 0.05) is 6.07 Å². The Labute approximate surface area is 118 Å². The molecular formula is C11H12N4O2S2. The van der Waals surface area contributed by atoms with Crippen LogP contribution in [0.3, 0.4) is 0 Å². The number of aromatic nitrogens is 3. The molecule has 0 saturated carbocycles.